The van der Waals surface area contributed by atoms with Gasteiger partial charge in [-0.2, -0.15) is 18.4 Å². The van der Waals surface area contributed by atoms with Crippen LogP contribution in [0.2, 0.25) is 0 Å². The van der Waals surface area contributed by atoms with Gasteiger partial charge in [0.25, 0.3) is 0 Å². The molecule has 2 heterocycles. The lowest BCUT2D eigenvalue weighted by molar-refractivity contribution is -0.137. The molecule has 0 bridgehead atoms. The number of anilines is 1. The largest absolute Gasteiger partial charge is 0.417 e. The smallest absolute Gasteiger partial charge is 0.310 e. The van der Waals surface area contributed by atoms with Crippen LogP contribution >= 0.6 is 11.8 Å². The molecule has 1 amide bonds. The molecule has 0 unspecified atom stereocenters. The molecule has 2 aromatic rings. The summed E-state index contributed by atoms with van der Waals surface area (Å²) in [5, 5.41) is 12.2. The summed E-state index contributed by atoms with van der Waals surface area (Å²) in [5.74, 6) is -0.424. The Morgan fingerprint density at radius 1 is 1.30 bits per heavy atom. The van der Waals surface area contributed by atoms with Crippen molar-refractivity contribution < 1.29 is 18.0 Å². The van der Waals surface area contributed by atoms with Crippen molar-refractivity contribution in [3.63, 3.8) is 0 Å². The molecule has 0 aliphatic heterocycles. The first-order valence-corrected chi connectivity index (χ1v) is 9.24. The maximum Gasteiger partial charge on any atom is 0.417 e. The average Bonchev–Trinajstić information content (AvgIpc) is 2.65. The highest BCUT2D eigenvalue weighted by molar-refractivity contribution is 8.00. The van der Waals surface area contributed by atoms with E-state index in [2.05, 4.69) is 21.4 Å². The first kappa shape index (κ1) is 19.2. The first-order chi connectivity index (χ1) is 12.9. The lowest BCUT2D eigenvalue weighted by Gasteiger charge is -2.16. The van der Waals surface area contributed by atoms with Crippen LogP contribution in [0.25, 0.3) is 0 Å². The minimum absolute atomic E-state index is 0.0246. The zero-order chi connectivity index (χ0) is 19.4. The number of rotatable bonds is 4. The summed E-state index contributed by atoms with van der Waals surface area (Å²) in [6.45, 7) is 0. The van der Waals surface area contributed by atoms with Gasteiger partial charge in [0.1, 0.15) is 16.9 Å². The molecule has 0 atom stereocenters. The molecule has 140 valence electrons. The number of hydrogen-bond donors (Lipinski definition) is 1. The molecule has 1 aliphatic carbocycles. The normalized spacial score (nSPS) is 13.6. The minimum atomic E-state index is -4.47. The van der Waals surface area contributed by atoms with Crippen LogP contribution < -0.4 is 5.32 Å². The van der Waals surface area contributed by atoms with Crippen molar-refractivity contribution in [2.24, 2.45) is 0 Å². The van der Waals surface area contributed by atoms with Crippen LogP contribution in [0.15, 0.2) is 29.4 Å². The zero-order valence-electron chi connectivity index (χ0n) is 14.1. The fourth-order valence-corrected chi connectivity index (χ4v) is 3.53. The van der Waals surface area contributed by atoms with Crippen LogP contribution in [-0.2, 0) is 23.8 Å². The maximum absolute atomic E-state index is 12.5. The number of nitrogens with one attached hydrogen (secondary N) is 1. The van der Waals surface area contributed by atoms with Gasteiger partial charge in [-0.15, -0.1) is 0 Å². The van der Waals surface area contributed by atoms with E-state index in [9.17, 15) is 23.2 Å². The average molecular weight is 392 g/mol. The van der Waals surface area contributed by atoms with Gasteiger partial charge in [0, 0.05) is 11.9 Å². The highest BCUT2D eigenvalue weighted by Gasteiger charge is 2.30. The summed E-state index contributed by atoms with van der Waals surface area (Å²) in [6, 6.07) is 5.89. The third-order valence-electron chi connectivity index (χ3n) is 4.08. The Morgan fingerprint density at radius 2 is 2.07 bits per heavy atom. The number of halogens is 3. The highest BCUT2D eigenvalue weighted by atomic mass is 32.2. The van der Waals surface area contributed by atoms with Crippen LogP contribution in [0, 0.1) is 11.3 Å². The van der Waals surface area contributed by atoms with Gasteiger partial charge in [-0.3, -0.25) is 4.79 Å². The molecular weight excluding hydrogens is 377 g/mol. The molecule has 0 saturated heterocycles. The van der Waals surface area contributed by atoms with Gasteiger partial charge in [0.15, 0.2) is 0 Å². The lowest BCUT2D eigenvalue weighted by Crippen LogP contribution is -2.16. The number of hydrogen-bond acceptors (Lipinski definition) is 5. The SMILES string of the molecule is N#Cc1cc2c(nc1SCC(=O)Nc1ccc(C(F)(F)F)cn1)CCCC2. The number of fused-ring (bicyclic) bond motifs is 1. The summed E-state index contributed by atoms with van der Waals surface area (Å²) in [5.41, 5.74) is 1.60. The topological polar surface area (TPSA) is 78.7 Å². The number of nitriles is 1. The molecule has 27 heavy (non-hydrogen) atoms. The van der Waals surface area contributed by atoms with Gasteiger partial charge in [0.05, 0.1) is 16.9 Å². The highest BCUT2D eigenvalue weighted by Crippen LogP contribution is 2.29. The van der Waals surface area contributed by atoms with Crippen molar-refractivity contribution in [2.45, 2.75) is 36.9 Å². The molecule has 2 aromatic heterocycles. The van der Waals surface area contributed by atoms with Crippen molar-refractivity contribution in [2.75, 3.05) is 11.1 Å². The third-order valence-corrected chi connectivity index (χ3v) is 5.08. The predicted molar refractivity (Wildman–Crippen MR) is 94.2 cm³/mol. The van der Waals surface area contributed by atoms with Gasteiger partial charge in [-0.1, -0.05) is 11.8 Å². The number of carbonyl (C=O) groups excluding carboxylic acids is 1. The molecule has 9 heteroatoms. The van der Waals surface area contributed by atoms with Crippen LogP contribution in [0.4, 0.5) is 19.0 Å². The first-order valence-electron chi connectivity index (χ1n) is 8.25. The second-order valence-electron chi connectivity index (χ2n) is 6.03. The van der Waals surface area contributed by atoms with Crippen LogP contribution in [0.1, 0.15) is 35.2 Å². The Morgan fingerprint density at radius 3 is 2.74 bits per heavy atom. The number of alkyl halides is 3. The Balaban J connectivity index is 1.63. The molecule has 0 fully saturated rings. The Labute approximate surface area is 158 Å². The van der Waals surface area contributed by atoms with Gasteiger partial charge in [0.2, 0.25) is 5.91 Å². The van der Waals surface area contributed by atoms with Crippen LogP contribution in [0.3, 0.4) is 0 Å². The van der Waals surface area contributed by atoms with E-state index in [1.54, 1.807) is 0 Å². The molecule has 1 N–H and O–H groups in total. The Kier molecular flexibility index (Phi) is 5.65. The van der Waals surface area contributed by atoms with E-state index in [0.29, 0.717) is 16.8 Å². The number of nitrogens with zero attached hydrogens (tertiary/aromatic N) is 3. The third kappa shape index (κ3) is 4.77. The minimum Gasteiger partial charge on any atom is -0.310 e. The summed E-state index contributed by atoms with van der Waals surface area (Å²) in [4.78, 5) is 20.2. The second-order valence-corrected chi connectivity index (χ2v) is 7.00. The van der Waals surface area contributed by atoms with E-state index in [1.807, 2.05) is 6.07 Å². The van der Waals surface area contributed by atoms with Gasteiger partial charge >= 0.3 is 6.18 Å². The van der Waals surface area contributed by atoms with E-state index in [1.165, 1.54) is 0 Å². The monoisotopic (exact) mass is 392 g/mol. The maximum atomic E-state index is 12.5. The number of thioether (sulfide) groups is 1. The fourth-order valence-electron chi connectivity index (χ4n) is 2.75. The van der Waals surface area contributed by atoms with Crippen molar-refractivity contribution in [1.82, 2.24) is 9.97 Å². The molecule has 3 rings (SSSR count). The Bertz CT molecular complexity index is 891. The standard InChI is InChI=1S/C18H15F3N4OS/c19-18(20,21)13-5-6-15(23-9-13)25-16(26)10-27-17-12(8-22)7-11-3-1-2-4-14(11)24-17/h5-7,9H,1-4,10H2,(H,23,25,26). The number of pyridine rings is 2. The van der Waals surface area contributed by atoms with Gasteiger partial charge in [-0.25, -0.2) is 9.97 Å². The fraction of sp³-hybridized carbons (Fsp3) is 0.333. The lowest BCUT2D eigenvalue weighted by atomic mass is 9.95. The van der Waals surface area contributed by atoms with E-state index >= 15 is 0 Å². The number of carbonyl (C=O) groups is 1. The predicted octanol–water partition coefficient (Wildman–Crippen LogP) is 3.98. The van der Waals surface area contributed by atoms with Crippen LogP contribution in [-0.4, -0.2) is 21.6 Å². The van der Waals surface area contributed by atoms with E-state index in [0.717, 1.165) is 60.8 Å². The molecule has 1 aliphatic rings. The van der Waals surface area contributed by atoms with E-state index < -0.39 is 17.6 Å². The van der Waals surface area contributed by atoms with Gasteiger partial charge < -0.3 is 5.32 Å². The van der Waals surface area contributed by atoms with Crippen molar-refractivity contribution in [3.05, 3.63) is 46.8 Å². The number of aryl methyl sites for hydroxylation is 2. The van der Waals surface area contributed by atoms with Crippen molar-refractivity contribution in [1.29, 1.82) is 5.26 Å². The summed E-state index contributed by atoms with van der Waals surface area (Å²) in [6.07, 6.45) is 0.0851. The zero-order valence-corrected chi connectivity index (χ0v) is 15.0. The molecule has 5 nitrogen and oxygen atoms in total. The molecular formula is C18H15F3N4OS. The molecule has 0 aromatic carbocycles. The molecule has 0 saturated carbocycles. The van der Waals surface area contributed by atoms with Gasteiger partial charge in [-0.05, 0) is 49.4 Å². The quantitative estimate of drug-likeness (QED) is 0.797. The van der Waals surface area contributed by atoms with Crippen molar-refractivity contribution >= 4 is 23.5 Å². The van der Waals surface area contributed by atoms with E-state index in [4.69, 9.17) is 0 Å². The number of amides is 1. The molecule has 0 radical (unpaired) electrons. The van der Waals surface area contributed by atoms with Crippen molar-refractivity contribution in [3.8, 4) is 6.07 Å². The van der Waals surface area contributed by atoms with Crippen LogP contribution in [0.5, 0.6) is 0 Å². The number of aromatic nitrogens is 2. The second kappa shape index (κ2) is 7.96. The summed E-state index contributed by atoms with van der Waals surface area (Å²) in [7, 11) is 0. The summed E-state index contributed by atoms with van der Waals surface area (Å²) >= 11 is 1.13. The summed E-state index contributed by atoms with van der Waals surface area (Å²) < 4.78 is 37.6. The molecule has 0 spiro atoms. The Hall–Kier alpha value is -2.60. The van der Waals surface area contributed by atoms with E-state index in [-0.39, 0.29) is 11.6 Å².